The van der Waals surface area contributed by atoms with E-state index in [2.05, 4.69) is 0 Å². The van der Waals surface area contributed by atoms with Crippen LogP contribution in [0.4, 0.5) is 0 Å². The first-order chi connectivity index (χ1) is 8.79. The van der Waals surface area contributed by atoms with Crippen molar-refractivity contribution in [2.75, 3.05) is 19.8 Å². The highest BCUT2D eigenvalue weighted by Crippen LogP contribution is 2.45. The van der Waals surface area contributed by atoms with Gasteiger partial charge in [-0.3, -0.25) is 0 Å². The third-order valence-corrected chi connectivity index (χ3v) is 4.79. The molecule has 1 aliphatic rings. The number of hydrogen-bond donors (Lipinski definition) is 3. The van der Waals surface area contributed by atoms with Crippen LogP contribution in [0.1, 0.15) is 64.2 Å². The molecule has 18 heavy (non-hydrogen) atoms. The van der Waals surface area contributed by atoms with Gasteiger partial charge in [-0.1, -0.05) is 32.1 Å². The third kappa shape index (κ3) is 4.52. The van der Waals surface area contributed by atoms with Crippen LogP contribution in [0.2, 0.25) is 0 Å². The van der Waals surface area contributed by atoms with Gasteiger partial charge in [-0.05, 0) is 43.4 Å². The smallest absolute Gasteiger partial charge is 0.0436 e. The van der Waals surface area contributed by atoms with E-state index in [-0.39, 0.29) is 25.2 Å². The largest absolute Gasteiger partial charge is 0.396 e. The van der Waals surface area contributed by atoms with Gasteiger partial charge in [-0.25, -0.2) is 0 Å². The van der Waals surface area contributed by atoms with Crippen LogP contribution < -0.4 is 0 Å². The maximum absolute atomic E-state index is 9.38. The van der Waals surface area contributed by atoms with E-state index in [1.54, 1.807) is 0 Å². The minimum atomic E-state index is 0.0522. The molecule has 0 aromatic heterocycles. The van der Waals surface area contributed by atoms with Gasteiger partial charge in [0.05, 0.1) is 0 Å². The maximum Gasteiger partial charge on any atom is 0.0436 e. The van der Waals surface area contributed by atoms with Crippen LogP contribution in [-0.2, 0) is 0 Å². The van der Waals surface area contributed by atoms with Crippen LogP contribution in [-0.4, -0.2) is 35.1 Å². The SMILES string of the molecule is OCCC1CCCCCCCC1(CCO)CCO. The van der Waals surface area contributed by atoms with E-state index in [9.17, 15) is 15.3 Å². The van der Waals surface area contributed by atoms with Crippen molar-refractivity contribution >= 4 is 0 Å². The molecular formula is C15H30O3. The van der Waals surface area contributed by atoms with Crippen molar-refractivity contribution in [3.05, 3.63) is 0 Å². The van der Waals surface area contributed by atoms with E-state index in [4.69, 9.17) is 0 Å². The van der Waals surface area contributed by atoms with Crippen molar-refractivity contribution in [2.24, 2.45) is 11.3 Å². The van der Waals surface area contributed by atoms with E-state index in [1.807, 2.05) is 0 Å². The van der Waals surface area contributed by atoms with Gasteiger partial charge in [0.15, 0.2) is 0 Å². The molecule has 1 fully saturated rings. The summed E-state index contributed by atoms with van der Waals surface area (Å²) in [6.45, 7) is 0.618. The fraction of sp³-hybridized carbons (Fsp3) is 1.00. The molecule has 0 aromatic carbocycles. The molecule has 3 N–H and O–H groups in total. The summed E-state index contributed by atoms with van der Waals surface area (Å²) in [6.07, 6.45) is 10.9. The fourth-order valence-electron chi connectivity index (χ4n) is 3.74. The summed E-state index contributed by atoms with van der Waals surface area (Å²) in [4.78, 5) is 0. The van der Waals surface area contributed by atoms with Crippen molar-refractivity contribution in [3.63, 3.8) is 0 Å². The molecule has 1 saturated carbocycles. The number of rotatable bonds is 6. The molecule has 1 aliphatic carbocycles. The second kappa shape index (κ2) is 8.89. The first kappa shape index (κ1) is 15.9. The monoisotopic (exact) mass is 258 g/mol. The van der Waals surface area contributed by atoms with E-state index in [1.165, 1.54) is 32.1 Å². The lowest BCUT2D eigenvalue weighted by Crippen LogP contribution is -2.34. The molecular weight excluding hydrogens is 228 g/mol. The van der Waals surface area contributed by atoms with Gasteiger partial charge in [0, 0.05) is 19.8 Å². The van der Waals surface area contributed by atoms with Crippen LogP contribution in [0.3, 0.4) is 0 Å². The Morgan fingerprint density at radius 3 is 2.00 bits per heavy atom. The average molecular weight is 258 g/mol. The van der Waals surface area contributed by atoms with Crippen LogP contribution in [0.5, 0.6) is 0 Å². The summed E-state index contributed by atoms with van der Waals surface area (Å²) >= 11 is 0. The van der Waals surface area contributed by atoms with Gasteiger partial charge in [-0.15, -0.1) is 0 Å². The molecule has 1 unspecified atom stereocenters. The molecule has 0 amide bonds. The van der Waals surface area contributed by atoms with Crippen LogP contribution in [0.25, 0.3) is 0 Å². The number of hydrogen-bond acceptors (Lipinski definition) is 3. The molecule has 0 heterocycles. The Morgan fingerprint density at radius 2 is 1.39 bits per heavy atom. The quantitative estimate of drug-likeness (QED) is 0.686. The van der Waals surface area contributed by atoms with Crippen molar-refractivity contribution in [2.45, 2.75) is 64.2 Å². The molecule has 3 nitrogen and oxygen atoms in total. The molecule has 1 atom stereocenters. The molecule has 108 valence electrons. The van der Waals surface area contributed by atoms with Crippen molar-refractivity contribution in [1.29, 1.82) is 0 Å². The molecule has 0 radical (unpaired) electrons. The zero-order valence-corrected chi connectivity index (χ0v) is 11.6. The molecule has 0 aromatic rings. The highest BCUT2D eigenvalue weighted by atomic mass is 16.3. The summed E-state index contributed by atoms with van der Waals surface area (Å²) in [7, 11) is 0. The van der Waals surface area contributed by atoms with Gasteiger partial charge in [-0.2, -0.15) is 0 Å². The highest BCUT2D eigenvalue weighted by molar-refractivity contribution is 4.87. The van der Waals surface area contributed by atoms with Crippen molar-refractivity contribution in [1.82, 2.24) is 0 Å². The van der Waals surface area contributed by atoms with Crippen molar-refractivity contribution in [3.8, 4) is 0 Å². The Labute approximate surface area is 111 Å². The van der Waals surface area contributed by atoms with Gasteiger partial charge < -0.3 is 15.3 Å². The minimum absolute atomic E-state index is 0.0522. The van der Waals surface area contributed by atoms with Gasteiger partial charge in [0.2, 0.25) is 0 Å². The first-order valence-electron chi connectivity index (χ1n) is 7.61. The minimum Gasteiger partial charge on any atom is -0.396 e. The molecule has 0 saturated heterocycles. The summed E-state index contributed by atoms with van der Waals surface area (Å²) in [6, 6.07) is 0. The standard InChI is InChI=1S/C15H30O3/c16-11-7-14-6-4-2-1-3-5-8-15(14,9-12-17)10-13-18/h14,16-18H,1-13H2. The molecule has 0 aliphatic heterocycles. The zero-order valence-electron chi connectivity index (χ0n) is 11.6. The zero-order chi connectivity index (χ0) is 13.3. The lowest BCUT2D eigenvalue weighted by Gasteiger charge is -2.41. The fourth-order valence-corrected chi connectivity index (χ4v) is 3.74. The van der Waals surface area contributed by atoms with Crippen molar-refractivity contribution < 1.29 is 15.3 Å². The number of aliphatic hydroxyl groups excluding tert-OH is 3. The summed E-state index contributed by atoms with van der Waals surface area (Å²) in [5, 5.41) is 28.1. The topological polar surface area (TPSA) is 60.7 Å². The Bertz CT molecular complexity index is 200. The first-order valence-corrected chi connectivity index (χ1v) is 7.61. The summed E-state index contributed by atoms with van der Waals surface area (Å²) in [5.74, 6) is 0.458. The second-order valence-electron chi connectivity index (χ2n) is 5.83. The Morgan fingerprint density at radius 1 is 0.778 bits per heavy atom. The third-order valence-electron chi connectivity index (χ3n) is 4.79. The van der Waals surface area contributed by atoms with Gasteiger partial charge in [0.25, 0.3) is 0 Å². The summed E-state index contributed by atoms with van der Waals surface area (Å²) in [5.41, 5.74) is 0.0522. The summed E-state index contributed by atoms with van der Waals surface area (Å²) < 4.78 is 0. The Kier molecular flexibility index (Phi) is 7.87. The molecule has 1 rings (SSSR count). The predicted octanol–water partition coefficient (Wildman–Crippen LogP) is 2.48. The maximum atomic E-state index is 9.38. The van der Waals surface area contributed by atoms with Crippen LogP contribution >= 0.6 is 0 Å². The second-order valence-corrected chi connectivity index (χ2v) is 5.83. The van der Waals surface area contributed by atoms with E-state index >= 15 is 0 Å². The normalized spacial score (nSPS) is 25.2. The lowest BCUT2D eigenvalue weighted by molar-refractivity contribution is 0.0408. The molecule has 0 spiro atoms. The molecule has 3 heteroatoms. The predicted molar refractivity (Wildman–Crippen MR) is 73.4 cm³/mol. The highest BCUT2D eigenvalue weighted by Gasteiger charge is 2.36. The Balaban J connectivity index is 2.82. The van der Waals surface area contributed by atoms with E-state index in [0.717, 1.165) is 32.1 Å². The average Bonchev–Trinajstić information content (AvgIpc) is 2.44. The number of aliphatic hydroxyl groups is 3. The Hall–Kier alpha value is -0.120. The lowest BCUT2D eigenvalue weighted by atomic mass is 9.65. The van der Waals surface area contributed by atoms with E-state index in [0.29, 0.717) is 5.92 Å². The van der Waals surface area contributed by atoms with Crippen LogP contribution in [0, 0.1) is 11.3 Å². The van der Waals surface area contributed by atoms with E-state index < -0.39 is 0 Å². The van der Waals surface area contributed by atoms with Crippen LogP contribution in [0.15, 0.2) is 0 Å². The van der Waals surface area contributed by atoms with Gasteiger partial charge in [0.1, 0.15) is 0 Å². The molecule has 0 bridgehead atoms. The van der Waals surface area contributed by atoms with Gasteiger partial charge >= 0.3 is 0 Å².